The van der Waals surface area contributed by atoms with Crippen molar-refractivity contribution in [2.45, 2.75) is 25.9 Å². The molecule has 5 nitrogen and oxygen atoms in total. The molecule has 1 aliphatic heterocycles. The number of nitrogens with zero attached hydrogens (tertiary/aromatic N) is 2. The van der Waals surface area contributed by atoms with Crippen LogP contribution in [0.4, 0.5) is 0 Å². The average molecular weight is 344 g/mol. The van der Waals surface area contributed by atoms with Gasteiger partial charge in [-0.05, 0) is 41.9 Å². The van der Waals surface area contributed by atoms with Gasteiger partial charge in [-0.1, -0.05) is 0 Å². The second kappa shape index (κ2) is 6.28. The van der Waals surface area contributed by atoms with Gasteiger partial charge in [-0.3, -0.25) is 9.69 Å². The molecule has 0 atom stereocenters. The van der Waals surface area contributed by atoms with E-state index in [1.54, 1.807) is 4.90 Å². The quantitative estimate of drug-likeness (QED) is 0.903. The number of carbonyl (C=O) groups is 1. The maximum absolute atomic E-state index is 12.7. The highest BCUT2D eigenvalue weighted by Crippen LogP contribution is 2.20. The largest absolute Gasteiger partial charge is 0.452 e. The summed E-state index contributed by atoms with van der Waals surface area (Å²) in [6.45, 7) is 8.15. The third-order valence-corrected chi connectivity index (χ3v) is 4.23. The van der Waals surface area contributed by atoms with E-state index in [4.69, 9.17) is 4.42 Å². The van der Waals surface area contributed by atoms with E-state index in [-0.39, 0.29) is 5.91 Å². The number of carbonyl (C=O) groups excluding carboxylic acids is 1. The molecule has 1 N–H and O–H groups in total. The van der Waals surface area contributed by atoms with Crippen LogP contribution in [0.5, 0.6) is 0 Å². The van der Waals surface area contributed by atoms with E-state index >= 15 is 0 Å². The van der Waals surface area contributed by atoms with Crippen molar-refractivity contribution < 1.29 is 9.21 Å². The Labute approximate surface area is 128 Å². The zero-order chi connectivity index (χ0) is 14.8. The third kappa shape index (κ3) is 3.42. The Balaban J connectivity index is 2.00. The van der Waals surface area contributed by atoms with Gasteiger partial charge in [0.25, 0.3) is 0 Å². The summed E-state index contributed by atoms with van der Waals surface area (Å²) in [5, 5.41) is 3.31. The highest BCUT2D eigenvalue weighted by Gasteiger charge is 2.37. The molecular formula is C14H22BrN3O2. The number of amides is 1. The van der Waals surface area contributed by atoms with Crippen LogP contribution in [0, 0.1) is 0 Å². The van der Waals surface area contributed by atoms with Crippen LogP contribution >= 0.6 is 15.9 Å². The molecule has 2 heterocycles. The van der Waals surface area contributed by atoms with Gasteiger partial charge >= 0.3 is 0 Å². The number of hydrogen-bond acceptors (Lipinski definition) is 4. The number of hydrogen-bond donors (Lipinski definition) is 1. The zero-order valence-electron chi connectivity index (χ0n) is 12.3. The average Bonchev–Trinajstić information content (AvgIpc) is 2.84. The molecule has 0 aliphatic carbocycles. The Morgan fingerprint density at radius 1 is 1.45 bits per heavy atom. The maximum Gasteiger partial charge on any atom is 0.242 e. The van der Waals surface area contributed by atoms with E-state index in [1.165, 1.54) is 0 Å². The molecule has 0 bridgehead atoms. The molecule has 1 fully saturated rings. The fourth-order valence-electron chi connectivity index (χ4n) is 2.57. The van der Waals surface area contributed by atoms with Gasteiger partial charge in [0, 0.05) is 33.2 Å². The lowest BCUT2D eigenvalue weighted by Crippen LogP contribution is -2.60. The van der Waals surface area contributed by atoms with E-state index in [0.29, 0.717) is 11.2 Å². The normalized spacial score (nSPS) is 17.2. The van der Waals surface area contributed by atoms with Gasteiger partial charge < -0.3 is 14.6 Å². The minimum Gasteiger partial charge on any atom is -0.452 e. The molecule has 1 amide bonds. The molecule has 20 heavy (non-hydrogen) atoms. The molecule has 6 heteroatoms. The number of halogens is 1. The smallest absolute Gasteiger partial charge is 0.242 e. The first-order chi connectivity index (χ1) is 9.41. The lowest BCUT2D eigenvalue weighted by Gasteiger charge is -2.41. The van der Waals surface area contributed by atoms with Gasteiger partial charge in [0.05, 0.1) is 12.1 Å². The molecule has 1 aromatic heterocycles. The summed E-state index contributed by atoms with van der Waals surface area (Å²) >= 11 is 3.28. The fraction of sp³-hybridized carbons (Fsp3) is 0.643. The Morgan fingerprint density at radius 3 is 2.65 bits per heavy atom. The lowest BCUT2D eigenvalue weighted by molar-refractivity contribution is -0.142. The first-order valence-electron chi connectivity index (χ1n) is 6.87. The summed E-state index contributed by atoms with van der Waals surface area (Å²) in [6.07, 6.45) is 0. The summed E-state index contributed by atoms with van der Waals surface area (Å²) in [5.74, 6) is 0.899. The summed E-state index contributed by atoms with van der Waals surface area (Å²) in [4.78, 5) is 16.7. The number of likely N-dealkylation sites (N-methyl/N-ethyl adjacent to an activating group) is 1. The van der Waals surface area contributed by atoms with Crippen LogP contribution in [0.1, 0.15) is 19.6 Å². The molecule has 112 valence electrons. The standard InChI is InChI=1S/C14H22BrN3O2/c1-14(2,18-8-6-16-7-9-18)13(19)17(3)10-11-4-5-12(15)20-11/h4-5,16H,6-10H2,1-3H3. The molecule has 0 unspecified atom stereocenters. The molecule has 1 saturated heterocycles. The molecule has 0 saturated carbocycles. The van der Waals surface area contributed by atoms with Crippen LogP contribution < -0.4 is 5.32 Å². The highest BCUT2D eigenvalue weighted by atomic mass is 79.9. The number of rotatable bonds is 4. The topological polar surface area (TPSA) is 48.7 Å². The predicted molar refractivity (Wildman–Crippen MR) is 81.4 cm³/mol. The van der Waals surface area contributed by atoms with Crippen molar-refractivity contribution in [1.29, 1.82) is 0 Å². The van der Waals surface area contributed by atoms with Crippen molar-refractivity contribution in [3.8, 4) is 0 Å². The van der Waals surface area contributed by atoms with Crippen LogP contribution in [-0.4, -0.2) is 54.5 Å². The predicted octanol–water partition coefficient (Wildman–Crippen LogP) is 1.68. The van der Waals surface area contributed by atoms with Crippen molar-refractivity contribution in [3.05, 3.63) is 22.6 Å². The molecular weight excluding hydrogens is 322 g/mol. The van der Waals surface area contributed by atoms with E-state index < -0.39 is 5.54 Å². The van der Waals surface area contributed by atoms with Crippen molar-refractivity contribution in [2.24, 2.45) is 0 Å². The lowest BCUT2D eigenvalue weighted by atomic mass is 9.99. The van der Waals surface area contributed by atoms with Gasteiger partial charge in [-0.15, -0.1) is 0 Å². The SMILES string of the molecule is CN(Cc1ccc(Br)o1)C(=O)C(C)(C)N1CCNCC1. The number of nitrogens with one attached hydrogen (secondary N) is 1. The molecule has 0 spiro atoms. The van der Waals surface area contributed by atoms with Crippen LogP contribution in [0.25, 0.3) is 0 Å². The fourth-order valence-corrected chi connectivity index (χ4v) is 2.91. The van der Waals surface area contributed by atoms with Crippen LogP contribution in [-0.2, 0) is 11.3 Å². The monoisotopic (exact) mass is 343 g/mol. The number of furan rings is 1. The second-order valence-corrected chi connectivity index (χ2v) is 6.44. The van der Waals surface area contributed by atoms with Crippen molar-refractivity contribution in [1.82, 2.24) is 15.1 Å². The zero-order valence-corrected chi connectivity index (χ0v) is 13.9. The molecule has 2 rings (SSSR count). The summed E-state index contributed by atoms with van der Waals surface area (Å²) < 4.78 is 6.15. The number of piperazine rings is 1. The Bertz CT molecular complexity index is 467. The summed E-state index contributed by atoms with van der Waals surface area (Å²) in [6, 6.07) is 3.72. The highest BCUT2D eigenvalue weighted by molar-refractivity contribution is 9.10. The second-order valence-electron chi connectivity index (χ2n) is 5.66. The van der Waals surface area contributed by atoms with Gasteiger partial charge in [0.2, 0.25) is 5.91 Å². The molecule has 0 radical (unpaired) electrons. The van der Waals surface area contributed by atoms with Gasteiger partial charge in [-0.2, -0.15) is 0 Å². The Hall–Kier alpha value is -0.850. The van der Waals surface area contributed by atoms with E-state index in [1.807, 2.05) is 33.0 Å². The van der Waals surface area contributed by atoms with Gasteiger partial charge in [0.1, 0.15) is 5.76 Å². The Kier molecular flexibility index (Phi) is 4.88. The van der Waals surface area contributed by atoms with E-state index in [9.17, 15) is 4.79 Å². The van der Waals surface area contributed by atoms with Gasteiger partial charge in [0.15, 0.2) is 4.67 Å². The van der Waals surface area contributed by atoms with Crippen molar-refractivity contribution in [2.75, 3.05) is 33.2 Å². The molecule has 0 aromatic carbocycles. The van der Waals surface area contributed by atoms with Crippen LogP contribution in [0.2, 0.25) is 0 Å². The van der Waals surface area contributed by atoms with Crippen molar-refractivity contribution in [3.63, 3.8) is 0 Å². The minimum atomic E-state index is -0.485. The third-order valence-electron chi connectivity index (χ3n) is 3.80. The van der Waals surface area contributed by atoms with Crippen LogP contribution in [0.3, 0.4) is 0 Å². The molecule has 1 aliphatic rings. The minimum absolute atomic E-state index is 0.118. The molecule has 1 aromatic rings. The first kappa shape index (κ1) is 15.5. The summed E-state index contributed by atoms with van der Waals surface area (Å²) in [7, 11) is 1.82. The Morgan fingerprint density at radius 2 is 2.10 bits per heavy atom. The maximum atomic E-state index is 12.7. The van der Waals surface area contributed by atoms with E-state index in [0.717, 1.165) is 31.9 Å². The van der Waals surface area contributed by atoms with Crippen molar-refractivity contribution >= 4 is 21.8 Å². The van der Waals surface area contributed by atoms with Crippen LogP contribution in [0.15, 0.2) is 21.2 Å². The van der Waals surface area contributed by atoms with E-state index in [2.05, 4.69) is 26.1 Å². The van der Waals surface area contributed by atoms with Gasteiger partial charge in [-0.25, -0.2) is 0 Å². The summed E-state index contributed by atoms with van der Waals surface area (Å²) in [5.41, 5.74) is -0.485. The first-order valence-corrected chi connectivity index (χ1v) is 7.66.